The minimum absolute atomic E-state index is 0.0965. The van der Waals surface area contributed by atoms with Gasteiger partial charge < -0.3 is 25.5 Å². The molecule has 1 heterocycles. The SMILES string of the molecule is OC[C@H](O)Cc1cncc([C@@H](O)[C@@H](O)CO)n1. The van der Waals surface area contributed by atoms with E-state index in [2.05, 4.69) is 9.97 Å². The minimum Gasteiger partial charge on any atom is -0.394 e. The number of aliphatic hydroxyl groups excluding tert-OH is 5. The smallest absolute Gasteiger partial charge is 0.126 e. The molecule has 0 bridgehead atoms. The molecule has 7 heteroatoms. The van der Waals surface area contributed by atoms with E-state index in [1.807, 2.05) is 0 Å². The largest absolute Gasteiger partial charge is 0.394 e. The third-order valence-electron chi connectivity index (χ3n) is 2.21. The van der Waals surface area contributed by atoms with Crippen molar-refractivity contribution in [1.82, 2.24) is 9.97 Å². The molecule has 0 aliphatic carbocycles. The Morgan fingerprint density at radius 1 is 1.06 bits per heavy atom. The second-order valence-electron chi connectivity index (χ2n) is 3.67. The second kappa shape index (κ2) is 6.58. The van der Waals surface area contributed by atoms with Crippen LogP contribution in [0.4, 0.5) is 0 Å². The lowest BCUT2D eigenvalue weighted by molar-refractivity contribution is -0.0176. The maximum absolute atomic E-state index is 9.58. The highest BCUT2D eigenvalue weighted by Gasteiger charge is 2.19. The van der Waals surface area contributed by atoms with Gasteiger partial charge in [-0.15, -0.1) is 0 Å². The standard InChI is InChI=1S/C10H16N2O5/c13-4-7(15)1-6-2-11-3-8(12-6)10(17)9(16)5-14/h2-3,7,9-10,13-17H,1,4-5H2/t7-,9+,10-/m1/s1. The van der Waals surface area contributed by atoms with E-state index in [0.717, 1.165) is 0 Å². The average Bonchev–Trinajstić information content (AvgIpc) is 2.37. The molecule has 0 saturated carbocycles. The van der Waals surface area contributed by atoms with Gasteiger partial charge in [-0.05, 0) is 0 Å². The number of hydrogen-bond donors (Lipinski definition) is 5. The van der Waals surface area contributed by atoms with Gasteiger partial charge in [-0.3, -0.25) is 9.97 Å². The van der Waals surface area contributed by atoms with Crippen molar-refractivity contribution in [2.24, 2.45) is 0 Å². The number of rotatable bonds is 6. The van der Waals surface area contributed by atoms with Gasteiger partial charge in [0.1, 0.15) is 12.2 Å². The first-order valence-corrected chi connectivity index (χ1v) is 5.15. The lowest BCUT2D eigenvalue weighted by Crippen LogP contribution is -2.24. The summed E-state index contributed by atoms with van der Waals surface area (Å²) in [6, 6.07) is 0. The van der Waals surface area contributed by atoms with Crippen LogP contribution in [-0.2, 0) is 6.42 Å². The molecule has 3 atom stereocenters. The molecule has 0 spiro atoms. The van der Waals surface area contributed by atoms with Crippen molar-refractivity contribution < 1.29 is 25.5 Å². The summed E-state index contributed by atoms with van der Waals surface area (Å²) in [5, 5.41) is 45.4. The van der Waals surface area contributed by atoms with Gasteiger partial charge in [-0.1, -0.05) is 0 Å². The Morgan fingerprint density at radius 3 is 2.35 bits per heavy atom. The predicted octanol–water partition coefficient (Wildman–Crippen LogP) is -2.24. The zero-order valence-corrected chi connectivity index (χ0v) is 9.14. The van der Waals surface area contributed by atoms with E-state index in [1.165, 1.54) is 12.4 Å². The van der Waals surface area contributed by atoms with E-state index >= 15 is 0 Å². The summed E-state index contributed by atoms with van der Waals surface area (Å²) in [7, 11) is 0. The molecule has 17 heavy (non-hydrogen) atoms. The number of hydrogen-bond acceptors (Lipinski definition) is 7. The monoisotopic (exact) mass is 244 g/mol. The lowest BCUT2D eigenvalue weighted by Gasteiger charge is -2.15. The van der Waals surface area contributed by atoms with Gasteiger partial charge in [0.15, 0.2) is 0 Å². The van der Waals surface area contributed by atoms with Crippen molar-refractivity contribution in [2.75, 3.05) is 13.2 Å². The molecule has 1 aromatic heterocycles. The Labute approximate surface area is 98.0 Å². The number of aliphatic hydroxyl groups is 5. The summed E-state index contributed by atoms with van der Waals surface area (Å²) < 4.78 is 0. The van der Waals surface area contributed by atoms with Gasteiger partial charge in [0.05, 0.1) is 36.9 Å². The van der Waals surface area contributed by atoms with Gasteiger partial charge in [0.2, 0.25) is 0 Å². The second-order valence-corrected chi connectivity index (χ2v) is 3.67. The van der Waals surface area contributed by atoms with Crippen molar-refractivity contribution in [3.05, 3.63) is 23.8 Å². The molecule has 1 rings (SSSR count). The van der Waals surface area contributed by atoms with Crippen LogP contribution in [0.5, 0.6) is 0 Å². The molecular formula is C10H16N2O5. The normalized spacial score (nSPS) is 16.5. The predicted molar refractivity (Wildman–Crippen MR) is 56.9 cm³/mol. The zero-order valence-electron chi connectivity index (χ0n) is 9.14. The van der Waals surface area contributed by atoms with Crippen LogP contribution in [0.2, 0.25) is 0 Å². The van der Waals surface area contributed by atoms with Gasteiger partial charge >= 0.3 is 0 Å². The first-order valence-electron chi connectivity index (χ1n) is 5.15. The van der Waals surface area contributed by atoms with Crippen LogP contribution in [0.1, 0.15) is 17.5 Å². The first-order chi connectivity index (χ1) is 8.08. The third-order valence-corrected chi connectivity index (χ3v) is 2.21. The fourth-order valence-electron chi connectivity index (χ4n) is 1.27. The highest BCUT2D eigenvalue weighted by molar-refractivity contribution is 5.08. The molecule has 0 saturated heterocycles. The highest BCUT2D eigenvalue weighted by Crippen LogP contribution is 2.14. The van der Waals surface area contributed by atoms with Crippen LogP contribution in [0.3, 0.4) is 0 Å². The molecule has 7 nitrogen and oxygen atoms in total. The number of aromatic nitrogens is 2. The zero-order chi connectivity index (χ0) is 12.8. The van der Waals surface area contributed by atoms with Crippen molar-refractivity contribution in [2.45, 2.75) is 24.7 Å². The number of nitrogens with zero attached hydrogens (tertiary/aromatic N) is 2. The van der Waals surface area contributed by atoms with Gasteiger partial charge in [0.25, 0.3) is 0 Å². The Bertz CT molecular complexity index is 349. The quantitative estimate of drug-likeness (QED) is 0.383. The summed E-state index contributed by atoms with van der Waals surface area (Å²) >= 11 is 0. The van der Waals surface area contributed by atoms with Crippen molar-refractivity contribution in [1.29, 1.82) is 0 Å². The summed E-state index contributed by atoms with van der Waals surface area (Å²) in [6.07, 6.45) is -0.863. The maximum atomic E-state index is 9.58. The molecule has 0 radical (unpaired) electrons. The molecule has 0 unspecified atom stereocenters. The van der Waals surface area contributed by atoms with Gasteiger partial charge in [-0.25, -0.2) is 0 Å². The molecule has 0 aromatic carbocycles. The van der Waals surface area contributed by atoms with Crippen LogP contribution in [-0.4, -0.2) is 60.9 Å². The highest BCUT2D eigenvalue weighted by atomic mass is 16.4. The average molecular weight is 244 g/mol. The summed E-state index contributed by atoms with van der Waals surface area (Å²) in [4.78, 5) is 7.78. The Hall–Kier alpha value is -1.12. The fraction of sp³-hybridized carbons (Fsp3) is 0.600. The Balaban J connectivity index is 2.78. The van der Waals surface area contributed by atoms with Crippen LogP contribution in [0, 0.1) is 0 Å². The van der Waals surface area contributed by atoms with Crippen LogP contribution in [0.25, 0.3) is 0 Å². The van der Waals surface area contributed by atoms with E-state index in [4.69, 9.17) is 10.2 Å². The maximum Gasteiger partial charge on any atom is 0.126 e. The Morgan fingerprint density at radius 2 is 1.76 bits per heavy atom. The third kappa shape index (κ3) is 3.99. The molecule has 0 amide bonds. The molecule has 96 valence electrons. The van der Waals surface area contributed by atoms with E-state index in [0.29, 0.717) is 5.69 Å². The summed E-state index contributed by atoms with van der Waals surface area (Å²) in [6.45, 7) is -0.986. The van der Waals surface area contributed by atoms with E-state index in [-0.39, 0.29) is 12.1 Å². The van der Waals surface area contributed by atoms with Crippen molar-refractivity contribution in [3.63, 3.8) is 0 Å². The summed E-state index contributed by atoms with van der Waals surface area (Å²) in [5.74, 6) is 0. The van der Waals surface area contributed by atoms with Gasteiger partial charge in [-0.2, -0.15) is 0 Å². The van der Waals surface area contributed by atoms with E-state index in [1.54, 1.807) is 0 Å². The lowest BCUT2D eigenvalue weighted by atomic mass is 10.1. The van der Waals surface area contributed by atoms with E-state index < -0.39 is 31.5 Å². The molecule has 0 fully saturated rings. The van der Waals surface area contributed by atoms with Crippen molar-refractivity contribution in [3.8, 4) is 0 Å². The molecule has 1 aromatic rings. The van der Waals surface area contributed by atoms with E-state index in [9.17, 15) is 15.3 Å². The fourth-order valence-corrected chi connectivity index (χ4v) is 1.27. The van der Waals surface area contributed by atoms with Gasteiger partial charge in [0, 0.05) is 12.6 Å². The molecular weight excluding hydrogens is 228 g/mol. The van der Waals surface area contributed by atoms with Crippen molar-refractivity contribution >= 4 is 0 Å². The molecule has 0 aliphatic heterocycles. The topological polar surface area (TPSA) is 127 Å². The van der Waals surface area contributed by atoms with Crippen LogP contribution < -0.4 is 0 Å². The minimum atomic E-state index is -1.33. The molecule has 5 N–H and O–H groups in total. The summed E-state index contributed by atoms with van der Waals surface area (Å²) in [5.41, 5.74) is 0.488. The van der Waals surface area contributed by atoms with Crippen LogP contribution in [0.15, 0.2) is 12.4 Å². The first kappa shape index (κ1) is 13.9. The van der Waals surface area contributed by atoms with Crippen LogP contribution >= 0.6 is 0 Å². The Kier molecular flexibility index (Phi) is 5.39. The molecule has 0 aliphatic rings.